The van der Waals surface area contributed by atoms with Crippen LogP contribution in [0.5, 0.6) is 11.5 Å². The van der Waals surface area contributed by atoms with Gasteiger partial charge in [-0.15, -0.1) is 0 Å². The van der Waals surface area contributed by atoms with Crippen molar-refractivity contribution in [1.29, 1.82) is 0 Å². The molecule has 0 saturated heterocycles. The number of amides is 1. The smallest absolute Gasteiger partial charge is 0.271 e. The number of hydrazone groups is 1. The summed E-state index contributed by atoms with van der Waals surface area (Å²) < 4.78 is 12.7. The van der Waals surface area contributed by atoms with E-state index >= 15 is 0 Å². The topological polar surface area (TPSA) is 64.9 Å². The summed E-state index contributed by atoms with van der Waals surface area (Å²) in [7, 11) is 0. The first-order chi connectivity index (χ1) is 15.6. The summed E-state index contributed by atoms with van der Waals surface area (Å²) >= 11 is 12.2. The fourth-order valence-electron chi connectivity index (χ4n) is 3.61. The second-order valence-electron chi connectivity index (χ2n) is 7.25. The Labute approximate surface area is 194 Å². The van der Waals surface area contributed by atoms with E-state index in [4.69, 9.17) is 32.7 Å². The molecule has 1 aromatic heterocycles. The maximum Gasteiger partial charge on any atom is 0.271 e. The zero-order valence-corrected chi connectivity index (χ0v) is 18.2. The van der Waals surface area contributed by atoms with Crippen LogP contribution in [0, 0.1) is 0 Å². The van der Waals surface area contributed by atoms with Gasteiger partial charge in [-0.1, -0.05) is 47.5 Å². The summed E-state index contributed by atoms with van der Waals surface area (Å²) in [5.74, 6) is 0.839. The average molecular weight is 466 g/mol. The Hall–Kier alpha value is -3.48. The molecule has 3 aromatic carbocycles. The molecule has 8 heteroatoms. The van der Waals surface area contributed by atoms with E-state index in [-0.39, 0.29) is 12.7 Å². The van der Waals surface area contributed by atoms with Crippen molar-refractivity contribution in [1.82, 2.24) is 9.99 Å². The molecule has 0 bridgehead atoms. The normalized spacial score (nSPS) is 12.6. The molecule has 1 aliphatic rings. The van der Waals surface area contributed by atoms with Crippen LogP contribution in [0.1, 0.15) is 21.5 Å². The maximum absolute atomic E-state index is 12.5. The minimum Gasteiger partial charge on any atom is -0.454 e. The lowest BCUT2D eigenvalue weighted by Gasteiger charge is -2.06. The third-order valence-corrected chi connectivity index (χ3v) is 5.90. The molecule has 4 aromatic rings. The molecule has 1 aliphatic heterocycles. The lowest BCUT2D eigenvalue weighted by molar-refractivity contribution is 0.0954. The van der Waals surface area contributed by atoms with Crippen molar-refractivity contribution in [3.63, 3.8) is 0 Å². The summed E-state index contributed by atoms with van der Waals surface area (Å²) in [6.45, 7) is 0.777. The number of nitrogens with zero attached hydrogens (tertiary/aromatic N) is 2. The number of carbonyl (C=O) groups is 1. The molecule has 0 radical (unpaired) electrons. The van der Waals surface area contributed by atoms with Gasteiger partial charge in [0.1, 0.15) is 0 Å². The largest absolute Gasteiger partial charge is 0.454 e. The van der Waals surface area contributed by atoms with Gasteiger partial charge in [-0.05, 0) is 42.0 Å². The summed E-state index contributed by atoms with van der Waals surface area (Å²) in [6, 6.07) is 18.6. The lowest BCUT2D eigenvalue weighted by Crippen LogP contribution is -2.17. The highest BCUT2D eigenvalue weighted by atomic mass is 35.5. The minimum atomic E-state index is -0.334. The van der Waals surface area contributed by atoms with Gasteiger partial charge in [0.2, 0.25) is 6.79 Å². The zero-order chi connectivity index (χ0) is 22.1. The predicted molar refractivity (Wildman–Crippen MR) is 125 cm³/mol. The van der Waals surface area contributed by atoms with E-state index in [1.165, 1.54) is 0 Å². The standard InChI is InChI=1S/C24H17Cl2N3O3/c25-19-7-5-15(9-20(19)26)12-29-13-17(18-3-1-2-4-21(18)29)11-27-28-24(30)16-6-8-22-23(10-16)32-14-31-22/h1-11,13H,12,14H2,(H,28,30)/b27-11+. The second kappa shape index (κ2) is 8.57. The third-order valence-electron chi connectivity index (χ3n) is 5.16. The number of rotatable bonds is 5. The van der Waals surface area contributed by atoms with E-state index in [1.807, 2.05) is 42.6 Å². The van der Waals surface area contributed by atoms with Crippen LogP contribution in [0.15, 0.2) is 72.0 Å². The van der Waals surface area contributed by atoms with Gasteiger partial charge < -0.3 is 14.0 Å². The highest BCUT2D eigenvalue weighted by molar-refractivity contribution is 6.42. The molecule has 6 nitrogen and oxygen atoms in total. The van der Waals surface area contributed by atoms with Crippen molar-refractivity contribution in [2.24, 2.45) is 5.10 Å². The Morgan fingerprint density at radius 1 is 1.03 bits per heavy atom. The molecular formula is C24H17Cl2N3O3. The number of nitrogens with one attached hydrogen (secondary N) is 1. The number of ether oxygens (including phenoxy) is 2. The molecule has 2 heterocycles. The first kappa shape index (κ1) is 20.4. The summed E-state index contributed by atoms with van der Waals surface area (Å²) in [6.07, 6.45) is 3.63. The van der Waals surface area contributed by atoms with Crippen molar-refractivity contribution >= 4 is 46.2 Å². The lowest BCUT2D eigenvalue weighted by atomic mass is 10.2. The summed E-state index contributed by atoms with van der Waals surface area (Å²) in [4.78, 5) is 12.5. The third kappa shape index (κ3) is 4.02. The fourth-order valence-corrected chi connectivity index (χ4v) is 3.93. The average Bonchev–Trinajstić information content (AvgIpc) is 3.41. The Morgan fingerprint density at radius 3 is 2.75 bits per heavy atom. The van der Waals surface area contributed by atoms with Crippen LogP contribution < -0.4 is 14.9 Å². The number of halogens is 2. The van der Waals surface area contributed by atoms with Crippen molar-refractivity contribution in [3.05, 3.63) is 93.6 Å². The van der Waals surface area contributed by atoms with Gasteiger partial charge in [0.25, 0.3) is 5.91 Å². The molecule has 5 rings (SSSR count). The number of hydrogen-bond acceptors (Lipinski definition) is 4. The Balaban J connectivity index is 1.36. The van der Waals surface area contributed by atoms with Crippen LogP contribution in [0.25, 0.3) is 10.9 Å². The number of aromatic nitrogens is 1. The summed E-state index contributed by atoms with van der Waals surface area (Å²) in [5.41, 5.74) is 5.96. The van der Waals surface area contributed by atoms with Crippen LogP contribution in [0.2, 0.25) is 10.0 Å². The molecule has 160 valence electrons. The SMILES string of the molecule is O=C(N/N=C/c1cn(Cc2ccc(Cl)c(Cl)c2)c2ccccc12)c1ccc2c(c1)OCO2. The summed E-state index contributed by atoms with van der Waals surface area (Å²) in [5, 5.41) is 6.23. The maximum atomic E-state index is 12.5. The van der Waals surface area contributed by atoms with Crippen LogP contribution >= 0.6 is 23.2 Å². The highest BCUT2D eigenvalue weighted by Gasteiger charge is 2.16. The molecule has 1 N–H and O–H groups in total. The van der Waals surface area contributed by atoms with Gasteiger partial charge in [-0.25, -0.2) is 5.43 Å². The predicted octanol–water partition coefficient (Wildman–Crippen LogP) is 5.49. The van der Waals surface area contributed by atoms with E-state index < -0.39 is 0 Å². The Morgan fingerprint density at radius 2 is 1.88 bits per heavy atom. The van der Waals surface area contributed by atoms with Gasteiger partial charge in [-0.2, -0.15) is 5.10 Å². The van der Waals surface area contributed by atoms with Gasteiger partial charge in [-0.3, -0.25) is 4.79 Å². The van der Waals surface area contributed by atoms with E-state index in [2.05, 4.69) is 15.1 Å². The molecule has 0 saturated carbocycles. The molecular weight excluding hydrogens is 449 g/mol. The number of benzene rings is 3. The second-order valence-corrected chi connectivity index (χ2v) is 8.06. The zero-order valence-electron chi connectivity index (χ0n) is 16.7. The van der Waals surface area contributed by atoms with Crippen LogP contribution in [-0.4, -0.2) is 23.5 Å². The van der Waals surface area contributed by atoms with Crippen LogP contribution in [0.3, 0.4) is 0 Å². The van der Waals surface area contributed by atoms with Gasteiger partial charge in [0.05, 0.1) is 16.3 Å². The first-order valence-electron chi connectivity index (χ1n) is 9.83. The molecule has 0 fully saturated rings. The van der Waals surface area contributed by atoms with Gasteiger partial charge in [0.15, 0.2) is 11.5 Å². The quantitative estimate of drug-likeness (QED) is 0.313. The fraction of sp³-hybridized carbons (Fsp3) is 0.0833. The molecule has 1 amide bonds. The molecule has 0 unspecified atom stereocenters. The van der Waals surface area contributed by atoms with E-state index in [0.29, 0.717) is 33.7 Å². The Kier molecular flexibility index (Phi) is 5.47. The van der Waals surface area contributed by atoms with Crippen molar-refractivity contribution < 1.29 is 14.3 Å². The van der Waals surface area contributed by atoms with E-state index in [1.54, 1.807) is 30.5 Å². The molecule has 32 heavy (non-hydrogen) atoms. The highest BCUT2D eigenvalue weighted by Crippen LogP contribution is 2.32. The van der Waals surface area contributed by atoms with Gasteiger partial charge >= 0.3 is 0 Å². The van der Waals surface area contributed by atoms with Gasteiger partial charge in [0, 0.05) is 34.8 Å². The van der Waals surface area contributed by atoms with E-state index in [0.717, 1.165) is 22.0 Å². The molecule has 0 aliphatic carbocycles. The van der Waals surface area contributed by atoms with Crippen LogP contribution in [-0.2, 0) is 6.54 Å². The number of carbonyl (C=O) groups excluding carboxylic acids is 1. The van der Waals surface area contributed by atoms with E-state index in [9.17, 15) is 4.79 Å². The number of fused-ring (bicyclic) bond motifs is 2. The van der Waals surface area contributed by atoms with Crippen LogP contribution in [0.4, 0.5) is 0 Å². The van der Waals surface area contributed by atoms with Crippen molar-refractivity contribution in [2.75, 3.05) is 6.79 Å². The number of para-hydroxylation sites is 1. The monoisotopic (exact) mass is 465 g/mol. The Bertz CT molecular complexity index is 1360. The van der Waals surface area contributed by atoms with Crippen molar-refractivity contribution in [3.8, 4) is 11.5 Å². The first-order valence-corrected chi connectivity index (χ1v) is 10.6. The van der Waals surface area contributed by atoms with Crippen molar-refractivity contribution in [2.45, 2.75) is 6.54 Å². The molecule has 0 atom stereocenters. The number of hydrogen-bond donors (Lipinski definition) is 1. The minimum absolute atomic E-state index is 0.158. The molecule has 0 spiro atoms.